The molecule has 25 heavy (non-hydrogen) atoms. The summed E-state index contributed by atoms with van der Waals surface area (Å²) in [5, 5.41) is 0.372. The van der Waals surface area contributed by atoms with Gasteiger partial charge in [0.25, 0.3) is 0 Å². The first kappa shape index (κ1) is 16.8. The van der Waals surface area contributed by atoms with Crippen molar-refractivity contribution in [2.75, 3.05) is 13.7 Å². The Morgan fingerprint density at radius 1 is 1.08 bits per heavy atom. The molecule has 6 nitrogen and oxygen atoms in total. The largest absolute Gasteiger partial charge is 0.493 e. The minimum absolute atomic E-state index is 0.257. The molecule has 0 aliphatic carbocycles. The van der Waals surface area contributed by atoms with Crippen LogP contribution in [0.3, 0.4) is 0 Å². The normalized spacial score (nSPS) is 10.8. The van der Waals surface area contributed by atoms with Gasteiger partial charge in [-0.2, -0.15) is 0 Å². The van der Waals surface area contributed by atoms with Crippen LogP contribution in [0.1, 0.15) is 18.9 Å². The summed E-state index contributed by atoms with van der Waals surface area (Å²) in [5.74, 6) is 0.569. The van der Waals surface area contributed by atoms with Crippen LogP contribution >= 0.6 is 0 Å². The molecule has 2 aromatic carbocycles. The number of nitrogens with zero attached hydrogens (tertiary/aromatic N) is 1. The molecule has 1 aromatic heterocycles. The van der Waals surface area contributed by atoms with Crippen LogP contribution in [-0.2, 0) is 6.54 Å². The second kappa shape index (κ2) is 7.25. The molecule has 6 heteroatoms. The lowest BCUT2D eigenvalue weighted by Crippen LogP contribution is -2.25. The van der Waals surface area contributed by atoms with Gasteiger partial charge in [0.2, 0.25) is 0 Å². The summed E-state index contributed by atoms with van der Waals surface area (Å²) >= 11 is 0. The molecule has 0 saturated heterocycles. The van der Waals surface area contributed by atoms with Crippen LogP contribution in [0.5, 0.6) is 11.5 Å². The van der Waals surface area contributed by atoms with Crippen LogP contribution in [0.25, 0.3) is 10.9 Å². The number of fused-ring (bicyclic) bond motifs is 1. The monoisotopic (exact) mass is 341 g/mol. The first-order valence-electron chi connectivity index (χ1n) is 8.06. The van der Waals surface area contributed by atoms with Crippen molar-refractivity contribution in [3.05, 3.63) is 69.0 Å². The highest BCUT2D eigenvalue weighted by atomic mass is 16.5. The molecule has 0 spiro atoms. The van der Waals surface area contributed by atoms with Crippen molar-refractivity contribution in [1.82, 2.24) is 4.57 Å². The zero-order chi connectivity index (χ0) is 17.8. The van der Waals surface area contributed by atoms with Crippen LogP contribution in [0.15, 0.2) is 56.5 Å². The van der Waals surface area contributed by atoms with Gasteiger partial charge >= 0.3 is 11.4 Å². The molecule has 0 N–H and O–H groups in total. The molecule has 0 atom stereocenters. The third kappa shape index (κ3) is 3.42. The Kier molecular flexibility index (Phi) is 4.88. The maximum Gasteiger partial charge on any atom is 0.422 e. The maximum atomic E-state index is 12.2. The van der Waals surface area contributed by atoms with E-state index >= 15 is 0 Å². The van der Waals surface area contributed by atoms with E-state index in [1.54, 1.807) is 31.4 Å². The molecule has 0 fully saturated rings. The van der Waals surface area contributed by atoms with Crippen molar-refractivity contribution in [3.63, 3.8) is 0 Å². The maximum absolute atomic E-state index is 12.2. The summed E-state index contributed by atoms with van der Waals surface area (Å²) in [7, 11) is 1.57. The van der Waals surface area contributed by atoms with Gasteiger partial charge in [-0.05, 0) is 36.2 Å². The summed E-state index contributed by atoms with van der Waals surface area (Å²) in [6, 6.07) is 12.4. The van der Waals surface area contributed by atoms with Crippen molar-refractivity contribution in [2.24, 2.45) is 0 Å². The van der Waals surface area contributed by atoms with Crippen LogP contribution in [0, 0.1) is 0 Å². The molecule has 1 heterocycles. The van der Waals surface area contributed by atoms with Gasteiger partial charge < -0.3 is 13.9 Å². The van der Waals surface area contributed by atoms with Gasteiger partial charge in [-0.1, -0.05) is 25.1 Å². The number of benzene rings is 2. The van der Waals surface area contributed by atoms with Gasteiger partial charge in [0.05, 0.1) is 31.2 Å². The molecule has 0 aliphatic rings. The van der Waals surface area contributed by atoms with Gasteiger partial charge in [0, 0.05) is 0 Å². The van der Waals surface area contributed by atoms with Crippen molar-refractivity contribution >= 4 is 10.9 Å². The highest BCUT2D eigenvalue weighted by molar-refractivity contribution is 5.77. The number of hydrogen-bond acceptors (Lipinski definition) is 5. The Morgan fingerprint density at radius 2 is 1.88 bits per heavy atom. The highest BCUT2D eigenvalue weighted by Gasteiger charge is 2.11. The molecule has 130 valence electrons. The third-order valence-corrected chi connectivity index (χ3v) is 3.85. The summed E-state index contributed by atoms with van der Waals surface area (Å²) in [6.07, 6.45) is 0.898. The molecule has 0 radical (unpaired) electrons. The first-order valence-corrected chi connectivity index (χ1v) is 8.06. The molecule has 0 unspecified atom stereocenters. The highest BCUT2D eigenvalue weighted by Crippen LogP contribution is 2.28. The lowest BCUT2D eigenvalue weighted by Gasteiger charge is -2.13. The van der Waals surface area contributed by atoms with Gasteiger partial charge in [0.15, 0.2) is 11.5 Å². The van der Waals surface area contributed by atoms with E-state index in [-0.39, 0.29) is 6.54 Å². The fourth-order valence-corrected chi connectivity index (χ4v) is 2.64. The summed E-state index contributed by atoms with van der Waals surface area (Å²) in [4.78, 5) is 24.0. The van der Waals surface area contributed by atoms with Crippen molar-refractivity contribution in [3.8, 4) is 11.5 Å². The number of hydrogen-bond donors (Lipinski definition) is 0. The van der Waals surface area contributed by atoms with Crippen molar-refractivity contribution < 1.29 is 13.9 Å². The second-order valence-corrected chi connectivity index (χ2v) is 5.59. The third-order valence-electron chi connectivity index (χ3n) is 3.85. The van der Waals surface area contributed by atoms with E-state index in [0.29, 0.717) is 29.0 Å². The van der Waals surface area contributed by atoms with E-state index in [9.17, 15) is 9.59 Å². The number of aromatic nitrogens is 1. The summed E-state index contributed by atoms with van der Waals surface area (Å²) < 4.78 is 17.3. The van der Waals surface area contributed by atoms with Gasteiger partial charge in [-0.25, -0.2) is 9.59 Å². The average Bonchev–Trinajstić information content (AvgIpc) is 2.63. The Hall–Kier alpha value is -3.02. The predicted octanol–water partition coefficient (Wildman–Crippen LogP) is 2.80. The summed E-state index contributed by atoms with van der Waals surface area (Å²) in [6.45, 7) is 2.89. The summed E-state index contributed by atoms with van der Waals surface area (Å²) in [5.41, 5.74) is 0.744. The van der Waals surface area contributed by atoms with E-state index < -0.39 is 11.4 Å². The zero-order valence-corrected chi connectivity index (χ0v) is 14.2. The lowest BCUT2D eigenvalue weighted by atomic mass is 10.2. The lowest BCUT2D eigenvalue weighted by molar-refractivity contribution is 0.294. The minimum Gasteiger partial charge on any atom is -0.493 e. The second-order valence-electron chi connectivity index (χ2n) is 5.59. The van der Waals surface area contributed by atoms with Crippen LogP contribution in [0.2, 0.25) is 0 Å². The van der Waals surface area contributed by atoms with Crippen LogP contribution in [0.4, 0.5) is 0 Å². The van der Waals surface area contributed by atoms with E-state index in [1.165, 1.54) is 4.57 Å². The van der Waals surface area contributed by atoms with Gasteiger partial charge in [0.1, 0.15) is 0 Å². The average molecular weight is 341 g/mol. The molecule has 3 rings (SSSR count). The molecule has 0 saturated carbocycles. The van der Waals surface area contributed by atoms with Crippen LogP contribution in [-0.4, -0.2) is 18.3 Å². The SMILES string of the molecule is CCCOc1ccc(Cn2c(=O)oc(=O)c3ccccc32)cc1OC. The fraction of sp³-hybridized carbons (Fsp3) is 0.263. The number of rotatable bonds is 6. The fourth-order valence-electron chi connectivity index (χ4n) is 2.64. The molecular weight excluding hydrogens is 322 g/mol. The van der Waals surface area contributed by atoms with Gasteiger partial charge in [-0.15, -0.1) is 0 Å². The Labute approximate surface area is 144 Å². The van der Waals surface area contributed by atoms with E-state index in [1.807, 2.05) is 25.1 Å². The number of para-hydroxylation sites is 1. The topological polar surface area (TPSA) is 70.7 Å². The van der Waals surface area contributed by atoms with Crippen molar-refractivity contribution in [2.45, 2.75) is 19.9 Å². The van der Waals surface area contributed by atoms with E-state index in [4.69, 9.17) is 13.9 Å². The molecule has 0 amide bonds. The smallest absolute Gasteiger partial charge is 0.422 e. The molecule has 3 aromatic rings. The molecule has 0 bridgehead atoms. The molecule has 0 aliphatic heterocycles. The minimum atomic E-state index is -0.686. The standard InChI is InChI=1S/C19H19NO5/c1-3-10-24-16-9-8-13(11-17(16)23-2)12-20-15-7-5-4-6-14(15)18(21)25-19(20)22/h4-9,11H,3,10,12H2,1-2H3. The first-order chi connectivity index (χ1) is 12.1. The Balaban J connectivity index is 2.02. The number of ether oxygens (including phenoxy) is 2. The Bertz CT molecular complexity index is 1000. The predicted molar refractivity (Wildman–Crippen MR) is 94.6 cm³/mol. The van der Waals surface area contributed by atoms with Crippen LogP contribution < -0.4 is 20.9 Å². The quantitative estimate of drug-likeness (QED) is 0.689. The molecular formula is C19H19NO5. The zero-order valence-electron chi connectivity index (χ0n) is 14.2. The number of methoxy groups -OCH3 is 1. The van der Waals surface area contributed by atoms with Crippen molar-refractivity contribution in [1.29, 1.82) is 0 Å². The Morgan fingerprint density at radius 3 is 2.64 bits per heavy atom. The van der Waals surface area contributed by atoms with E-state index in [0.717, 1.165) is 12.0 Å². The van der Waals surface area contributed by atoms with Gasteiger partial charge in [-0.3, -0.25) is 4.57 Å². The van der Waals surface area contributed by atoms with E-state index in [2.05, 4.69) is 0 Å².